The molecule has 1 aromatic rings. The Bertz CT molecular complexity index is 467. The quantitative estimate of drug-likeness (QED) is 0.737. The van der Waals surface area contributed by atoms with Crippen molar-refractivity contribution >= 4 is 5.91 Å². The number of β-amino-alcohol motifs (C(OH)–C–C–N with tert-alkyl or cyclic N) is 1. The number of benzene rings is 1. The minimum atomic E-state index is -0.641. The summed E-state index contributed by atoms with van der Waals surface area (Å²) in [4.78, 5) is 12.1. The van der Waals surface area contributed by atoms with Gasteiger partial charge >= 0.3 is 0 Å². The number of hydrogen-bond donors (Lipinski definition) is 3. The summed E-state index contributed by atoms with van der Waals surface area (Å²) in [6.07, 6.45) is -0.0119. The van der Waals surface area contributed by atoms with E-state index in [-0.39, 0.29) is 11.6 Å². The summed E-state index contributed by atoms with van der Waals surface area (Å²) in [7, 11) is 1.42. The predicted octanol–water partition coefficient (Wildman–Crippen LogP) is 0.287. The van der Waals surface area contributed by atoms with Crippen molar-refractivity contribution < 1.29 is 19.0 Å². The van der Waals surface area contributed by atoms with Crippen LogP contribution in [0.15, 0.2) is 18.2 Å². The van der Waals surface area contributed by atoms with Gasteiger partial charge in [-0.1, -0.05) is 0 Å². The maximum Gasteiger partial charge on any atom is 0.255 e. The topological polar surface area (TPSA) is 70.6 Å². The number of rotatable bonds is 3. The fraction of sp³-hybridized carbons (Fsp3) is 0.462. The zero-order chi connectivity index (χ0) is 13.8. The number of nitrogens with one attached hydrogen (secondary N) is 2. The van der Waals surface area contributed by atoms with Crippen LogP contribution in [0.25, 0.3) is 0 Å². The Kier molecular flexibility index (Phi) is 4.34. The molecule has 0 saturated carbocycles. The highest BCUT2D eigenvalue weighted by Crippen LogP contribution is 2.19. The summed E-state index contributed by atoms with van der Waals surface area (Å²) in [5.41, 5.74) is 0.133. The molecule has 1 aromatic carbocycles. The van der Waals surface area contributed by atoms with Crippen LogP contribution in [0.2, 0.25) is 0 Å². The van der Waals surface area contributed by atoms with E-state index < -0.39 is 17.8 Å². The van der Waals surface area contributed by atoms with Gasteiger partial charge in [-0.2, -0.15) is 0 Å². The third kappa shape index (κ3) is 3.21. The number of aliphatic hydroxyl groups is 1. The first-order chi connectivity index (χ1) is 9.11. The van der Waals surface area contributed by atoms with Gasteiger partial charge in [-0.05, 0) is 31.2 Å². The summed E-state index contributed by atoms with van der Waals surface area (Å²) in [5.74, 6) is -0.638. The van der Waals surface area contributed by atoms with Gasteiger partial charge in [0.25, 0.3) is 5.91 Å². The average molecular weight is 268 g/mol. The summed E-state index contributed by atoms with van der Waals surface area (Å²) >= 11 is 0. The van der Waals surface area contributed by atoms with Crippen LogP contribution >= 0.6 is 0 Å². The predicted molar refractivity (Wildman–Crippen MR) is 67.7 cm³/mol. The second kappa shape index (κ2) is 5.99. The molecule has 0 unspecified atom stereocenters. The molecule has 1 aliphatic rings. The second-order valence-electron chi connectivity index (χ2n) is 4.48. The number of amides is 1. The third-order valence-corrected chi connectivity index (χ3v) is 3.17. The fourth-order valence-corrected chi connectivity index (χ4v) is 2.11. The first-order valence-electron chi connectivity index (χ1n) is 6.15. The normalized spacial score (nSPS) is 22.9. The Morgan fingerprint density at radius 3 is 3.05 bits per heavy atom. The molecular formula is C13H17FN2O3. The van der Waals surface area contributed by atoms with Crippen molar-refractivity contribution in [3.63, 3.8) is 0 Å². The van der Waals surface area contributed by atoms with Crippen LogP contribution < -0.4 is 15.4 Å². The second-order valence-corrected chi connectivity index (χ2v) is 4.48. The molecule has 1 aliphatic heterocycles. The van der Waals surface area contributed by atoms with E-state index >= 15 is 0 Å². The van der Waals surface area contributed by atoms with E-state index in [9.17, 15) is 14.3 Å². The Morgan fingerprint density at radius 1 is 1.58 bits per heavy atom. The molecule has 1 amide bonds. The van der Waals surface area contributed by atoms with Crippen molar-refractivity contribution in [3.8, 4) is 5.75 Å². The summed E-state index contributed by atoms with van der Waals surface area (Å²) < 4.78 is 18.2. The van der Waals surface area contributed by atoms with E-state index in [1.165, 1.54) is 19.2 Å². The molecule has 104 valence electrons. The molecule has 3 N–H and O–H groups in total. The number of halogens is 1. The van der Waals surface area contributed by atoms with Gasteiger partial charge in [0.2, 0.25) is 0 Å². The van der Waals surface area contributed by atoms with Crippen molar-refractivity contribution in [2.45, 2.75) is 18.6 Å². The van der Waals surface area contributed by atoms with Gasteiger partial charge in [-0.15, -0.1) is 0 Å². The Labute approximate surface area is 110 Å². The highest BCUT2D eigenvalue weighted by Gasteiger charge is 2.25. The summed E-state index contributed by atoms with van der Waals surface area (Å²) in [5, 5.41) is 15.5. The number of carbonyl (C=O) groups excluding carboxylic acids is 1. The standard InChI is InChI=1S/C13H17FN2O3/c1-19-12-3-2-8(14)6-9(12)13(18)16-10-4-5-15-7-11(10)17/h2-3,6,10-11,15,17H,4-5,7H2,1H3,(H,16,18)/t10-,11-/m1/s1. The molecule has 0 radical (unpaired) electrons. The van der Waals surface area contributed by atoms with Crippen LogP contribution in [0.3, 0.4) is 0 Å². The van der Waals surface area contributed by atoms with Gasteiger partial charge < -0.3 is 20.5 Å². The van der Waals surface area contributed by atoms with Crippen LogP contribution in [-0.2, 0) is 0 Å². The molecule has 2 rings (SSSR count). The number of aliphatic hydroxyl groups excluding tert-OH is 1. The van der Waals surface area contributed by atoms with Gasteiger partial charge in [-0.3, -0.25) is 4.79 Å². The minimum Gasteiger partial charge on any atom is -0.496 e. The van der Waals surface area contributed by atoms with Crippen molar-refractivity contribution in [1.82, 2.24) is 10.6 Å². The maximum absolute atomic E-state index is 13.2. The minimum absolute atomic E-state index is 0.133. The van der Waals surface area contributed by atoms with Crippen molar-refractivity contribution in [3.05, 3.63) is 29.6 Å². The molecule has 0 spiro atoms. The lowest BCUT2D eigenvalue weighted by atomic mass is 10.0. The van der Waals surface area contributed by atoms with Crippen LogP contribution in [0, 0.1) is 5.82 Å². The summed E-state index contributed by atoms with van der Waals surface area (Å²) in [6.45, 7) is 1.16. The number of hydrogen-bond acceptors (Lipinski definition) is 4. The lowest BCUT2D eigenvalue weighted by molar-refractivity contribution is 0.0762. The largest absolute Gasteiger partial charge is 0.496 e. The first kappa shape index (κ1) is 13.8. The van der Waals surface area contributed by atoms with Crippen LogP contribution in [0.5, 0.6) is 5.75 Å². The zero-order valence-corrected chi connectivity index (χ0v) is 10.6. The Morgan fingerprint density at radius 2 is 2.37 bits per heavy atom. The lowest BCUT2D eigenvalue weighted by Gasteiger charge is -2.29. The number of ether oxygens (including phenoxy) is 1. The van der Waals surface area contributed by atoms with E-state index in [0.717, 1.165) is 12.6 Å². The Hall–Kier alpha value is -1.66. The molecule has 1 fully saturated rings. The molecule has 2 atom stereocenters. The van der Waals surface area contributed by atoms with E-state index in [1.54, 1.807) is 0 Å². The zero-order valence-electron chi connectivity index (χ0n) is 10.6. The smallest absolute Gasteiger partial charge is 0.255 e. The molecule has 5 nitrogen and oxygen atoms in total. The third-order valence-electron chi connectivity index (χ3n) is 3.17. The molecule has 1 saturated heterocycles. The monoisotopic (exact) mass is 268 g/mol. The van der Waals surface area contributed by atoms with Gasteiger partial charge in [0.15, 0.2) is 0 Å². The molecule has 0 aromatic heterocycles. The highest BCUT2D eigenvalue weighted by molar-refractivity contribution is 5.97. The highest BCUT2D eigenvalue weighted by atomic mass is 19.1. The van der Waals surface area contributed by atoms with Gasteiger partial charge in [0.1, 0.15) is 11.6 Å². The van der Waals surface area contributed by atoms with Crippen LogP contribution in [-0.4, -0.2) is 43.4 Å². The maximum atomic E-state index is 13.2. The lowest BCUT2D eigenvalue weighted by Crippen LogP contribution is -2.52. The van der Waals surface area contributed by atoms with Crippen molar-refractivity contribution in [2.24, 2.45) is 0 Å². The van der Waals surface area contributed by atoms with Crippen molar-refractivity contribution in [1.29, 1.82) is 0 Å². The molecular weight excluding hydrogens is 251 g/mol. The van der Waals surface area contributed by atoms with Crippen LogP contribution in [0.4, 0.5) is 4.39 Å². The van der Waals surface area contributed by atoms with Gasteiger partial charge in [-0.25, -0.2) is 4.39 Å². The fourth-order valence-electron chi connectivity index (χ4n) is 2.11. The molecule has 1 heterocycles. The van der Waals surface area contributed by atoms with Crippen molar-refractivity contribution in [2.75, 3.05) is 20.2 Å². The SMILES string of the molecule is COc1ccc(F)cc1C(=O)N[C@@H]1CCNC[C@H]1O. The van der Waals surface area contributed by atoms with Gasteiger partial charge in [0.05, 0.1) is 24.8 Å². The molecule has 0 bridgehead atoms. The number of carbonyl (C=O) groups is 1. The van der Waals surface area contributed by atoms with Gasteiger partial charge in [0, 0.05) is 6.54 Å². The first-order valence-corrected chi connectivity index (χ1v) is 6.15. The number of piperidine rings is 1. The van der Waals surface area contributed by atoms with E-state index in [0.29, 0.717) is 18.7 Å². The van der Waals surface area contributed by atoms with Crippen LogP contribution in [0.1, 0.15) is 16.8 Å². The van der Waals surface area contributed by atoms with E-state index in [4.69, 9.17) is 4.74 Å². The molecule has 0 aliphatic carbocycles. The average Bonchev–Trinajstić information content (AvgIpc) is 2.41. The van der Waals surface area contributed by atoms with E-state index in [1.807, 2.05) is 0 Å². The summed E-state index contributed by atoms with van der Waals surface area (Å²) in [6, 6.07) is 3.43. The van der Waals surface area contributed by atoms with E-state index in [2.05, 4.69) is 10.6 Å². The Balaban J connectivity index is 2.13. The molecule has 19 heavy (non-hydrogen) atoms. The number of methoxy groups -OCH3 is 1. The molecule has 6 heteroatoms.